The number of phenolic OH excluding ortho intramolecular Hbond substituents is 1. The summed E-state index contributed by atoms with van der Waals surface area (Å²) >= 11 is 5.81. The summed E-state index contributed by atoms with van der Waals surface area (Å²) in [7, 11) is 0. The third-order valence-electron chi connectivity index (χ3n) is 8.02. The first-order valence-electron chi connectivity index (χ1n) is 14.4. The fraction of sp³-hybridized carbons (Fsp3) is 0.452. The molecule has 250 valence electrons. The van der Waals surface area contributed by atoms with Gasteiger partial charge in [0.2, 0.25) is 12.2 Å². The molecule has 2 heterocycles. The predicted octanol–water partition coefficient (Wildman–Crippen LogP) is 1.93. The van der Waals surface area contributed by atoms with Gasteiger partial charge in [0, 0.05) is 24.1 Å². The molecule has 2 aromatic carbocycles. The number of aromatic hydroxyl groups is 1. The van der Waals surface area contributed by atoms with Gasteiger partial charge in [-0.1, -0.05) is 17.7 Å². The van der Waals surface area contributed by atoms with E-state index < -0.39 is 72.6 Å². The Morgan fingerprint density at radius 3 is 2.48 bits per heavy atom. The van der Waals surface area contributed by atoms with Gasteiger partial charge in [-0.05, 0) is 49.3 Å². The Kier molecular flexibility index (Phi) is 10.5. The molecule has 2 saturated heterocycles. The Hall–Kier alpha value is -3.34. The zero-order chi connectivity index (χ0) is 33.3. The smallest absolute Gasteiger partial charge is 0.247 e. The number of ether oxygens (including phenoxy) is 5. The van der Waals surface area contributed by atoms with Crippen molar-refractivity contribution in [1.82, 2.24) is 5.32 Å². The molecule has 0 aromatic heterocycles. The second kappa shape index (κ2) is 14.2. The molecule has 1 aliphatic carbocycles. The van der Waals surface area contributed by atoms with Gasteiger partial charge in [0.1, 0.15) is 72.4 Å². The molecule has 3 aliphatic rings. The predicted molar refractivity (Wildman–Crippen MR) is 157 cm³/mol. The number of nitrogens with one attached hydrogen (secondary N) is 1. The topological polar surface area (TPSA) is 176 Å². The lowest BCUT2D eigenvalue weighted by molar-refractivity contribution is -0.155. The molecular weight excluding hydrogens is 636 g/mol. The van der Waals surface area contributed by atoms with Gasteiger partial charge in [-0.2, -0.15) is 0 Å². The Bertz CT molecular complexity index is 1510. The average Bonchev–Trinajstić information content (AvgIpc) is 3.65. The number of halogens is 3. The largest absolute Gasteiger partial charge is 0.504 e. The van der Waals surface area contributed by atoms with Crippen molar-refractivity contribution < 1.29 is 62.8 Å². The maximum atomic E-state index is 13.6. The second-order valence-electron chi connectivity index (χ2n) is 11.3. The molecule has 0 unspecified atom stereocenters. The van der Waals surface area contributed by atoms with Crippen LogP contribution in [0.25, 0.3) is 6.08 Å². The van der Waals surface area contributed by atoms with Gasteiger partial charge < -0.3 is 54.5 Å². The molecule has 5 rings (SSSR count). The van der Waals surface area contributed by atoms with Crippen molar-refractivity contribution >= 4 is 23.6 Å². The quantitative estimate of drug-likeness (QED) is 0.131. The molecule has 6 N–H and O–H groups in total. The molecule has 0 spiro atoms. The number of aliphatic hydroxyl groups is 4. The molecule has 2 aliphatic heterocycles. The number of carbonyl (C=O) groups excluding carboxylic acids is 1. The van der Waals surface area contributed by atoms with Crippen LogP contribution in [0.15, 0.2) is 47.6 Å². The lowest BCUT2D eigenvalue weighted by Gasteiger charge is -2.41. The van der Waals surface area contributed by atoms with Crippen molar-refractivity contribution in [3.63, 3.8) is 0 Å². The number of carbonyl (C=O) groups is 1. The third kappa shape index (κ3) is 7.29. The highest BCUT2D eigenvalue weighted by Crippen LogP contribution is 2.34. The number of phenols is 1. The van der Waals surface area contributed by atoms with Crippen molar-refractivity contribution in [2.45, 2.75) is 75.3 Å². The number of aliphatic hydroxyl groups excluding tert-OH is 4. The van der Waals surface area contributed by atoms with Crippen LogP contribution in [0, 0.1) is 11.6 Å². The summed E-state index contributed by atoms with van der Waals surface area (Å²) in [6.07, 6.45) is -5.57. The van der Waals surface area contributed by atoms with E-state index in [1.54, 1.807) is 19.1 Å². The van der Waals surface area contributed by atoms with Gasteiger partial charge in [-0.3, -0.25) is 4.79 Å². The summed E-state index contributed by atoms with van der Waals surface area (Å²) in [5.74, 6) is -2.81. The number of rotatable bonds is 9. The van der Waals surface area contributed by atoms with Gasteiger partial charge in [0.25, 0.3) is 0 Å². The average molecular weight is 670 g/mol. The normalized spacial score (nSPS) is 31.5. The lowest BCUT2D eigenvalue weighted by atomic mass is 9.83. The van der Waals surface area contributed by atoms with E-state index in [1.165, 1.54) is 25.1 Å². The minimum absolute atomic E-state index is 0.0561. The van der Waals surface area contributed by atoms with Crippen LogP contribution in [-0.2, 0) is 19.0 Å². The fourth-order valence-corrected chi connectivity index (χ4v) is 5.70. The molecule has 1 amide bonds. The molecule has 46 heavy (non-hydrogen) atoms. The first-order chi connectivity index (χ1) is 21.8. The van der Waals surface area contributed by atoms with E-state index in [1.807, 2.05) is 0 Å². The van der Waals surface area contributed by atoms with E-state index in [-0.39, 0.29) is 47.7 Å². The molecule has 0 bridgehead atoms. The highest BCUT2D eigenvalue weighted by Gasteiger charge is 2.53. The highest BCUT2D eigenvalue weighted by atomic mass is 35.5. The van der Waals surface area contributed by atoms with E-state index in [4.69, 9.17) is 35.3 Å². The monoisotopic (exact) mass is 669 g/mol. The van der Waals surface area contributed by atoms with E-state index in [0.29, 0.717) is 17.2 Å². The van der Waals surface area contributed by atoms with Crippen molar-refractivity contribution in [2.75, 3.05) is 13.4 Å². The van der Waals surface area contributed by atoms with E-state index in [9.17, 15) is 39.1 Å². The Morgan fingerprint density at radius 2 is 1.76 bits per heavy atom. The summed E-state index contributed by atoms with van der Waals surface area (Å²) in [6, 6.07) is 4.75. The van der Waals surface area contributed by atoms with Gasteiger partial charge >= 0.3 is 0 Å². The fourth-order valence-electron chi connectivity index (χ4n) is 5.54. The molecule has 2 aromatic rings. The molecule has 1 saturated carbocycles. The van der Waals surface area contributed by atoms with E-state index in [2.05, 4.69) is 5.32 Å². The number of hydrogen-bond acceptors (Lipinski definition) is 11. The standard InChI is InChI=1S/C31H34ClF2NO11/c1-13(5-6-42-21-10-16(33)9-17(34)23(21)32)28-19(37)11-22(46-28)45-20-4-3-15(8-18(20)36)7-14(2)31(41)35-24-25(38)27(40)30-29(26(24)39)43-12-44-30/h3-5,7-10,19,22,24-30,36-40H,6,11-12H2,1-2H3,(H,35,41)/b13-5+,14-7+/t19-,22+,24+,25-,26+,27+,28+,29-,30+/m0/s1. The summed E-state index contributed by atoms with van der Waals surface area (Å²) in [5.41, 5.74) is 1.17. The van der Waals surface area contributed by atoms with Gasteiger partial charge in [-0.25, -0.2) is 8.78 Å². The third-order valence-corrected chi connectivity index (χ3v) is 8.39. The Labute approximate surface area is 267 Å². The maximum Gasteiger partial charge on any atom is 0.247 e. The zero-order valence-electron chi connectivity index (χ0n) is 24.7. The molecule has 0 radical (unpaired) electrons. The van der Waals surface area contributed by atoms with Crippen LogP contribution in [0.3, 0.4) is 0 Å². The number of benzene rings is 2. The summed E-state index contributed by atoms with van der Waals surface area (Å²) in [6.45, 7) is 2.91. The summed E-state index contributed by atoms with van der Waals surface area (Å²) < 4.78 is 54.5. The van der Waals surface area contributed by atoms with Gasteiger partial charge in [0.05, 0.1) is 12.1 Å². The molecular formula is C31H34ClF2NO11. The molecule has 3 fully saturated rings. The van der Waals surface area contributed by atoms with Crippen LogP contribution in [0.2, 0.25) is 5.02 Å². The SMILES string of the molecule is C/C(=C\c1ccc(O[C@H]2C[C@H](O)[C@@H](/C(C)=C/COc3cc(F)cc(F)c3Cl)O2)c(O)c1)C(=O)N[C@@H]1[C@H](O)[C@@H](O)[C@H]2OCO[C@H]2[C@@H]1O. The Morgan fingerprint density at radius 1 is 1.04 bits per heavy atom. The van der Waals surface area contributed by atoms with Gasteiger partial charge in [0.15, 0.2) is 11.5 Å². The first kappa shape index (κ1) is 34.0. The van der Waals surface area contributed by atoms with E-state index in [0.717, 1.165) is 6.07 Å². The highest BCUT2D eigenvalue weighted by molar-refractivity contribution is 6.32. The molecule has 9 atom stereocenters. The van der Waals surface area contributed by atoms with Crippen molar-refractivity contribution in [3.05, 3.63) is 69.8 Å². The Balaban J connectivity index is 1.16. The van der Waals surface area contributed by atoms with Crippen LogP contribution >= 0.6 is 11.6 Å². The minimum Gasteiger partial charge on any atom is -0.504 e. The van der Waals surface area contributed by atoms with Crippen molar-refractivity contribution in [2.24, 2.45) is 0 Å². The van der Waals surface area contributed by atoms with Crippen molar-refractivity contribution in [1.29, 1.82) is 0 Å². The van der Waals surface area contributed by atoms with Crippen LogP contribution in [0.1, 0.15) is 25.8 Å². The van der Waals surface area contributed by atoms with E-state index >= 15 is 0 Å². The minimum atomic E-state index is -1.50. The number of hydrogen-bond donors (Lipinski definition) is 6. The zero-order valence-corrected chi connectivity index (χ0v) is 25.4. The maximum absolute atomic E-state index is 13.6. The second-order valence-corrected chi connectivity index (χ2v) is 11.6. The van der Waals surface area contributed by atoms with Gasteiger partial charge in [-0.15, -0.1) is 0 Å². The summed E-state index contributed by atoms with van der Waals surface area (Å²) in [4.78, 5) is 12.9. The summed E-state index contributed by atoms with van der Waals surface area (Å²) in [5, 5.41) is 54.6. The van der Waals surface area contributed by atoms with Crippen LogP contribution in [0.5, 0.6) is 17.2 Å². The van der Waals surface area contributed by atoms with Crippen molar-refractivity contribution in [3.8, 4) is 17.2 Å². The van der Waals surface area contributed by atoms with Crippen LogP contribution in [0.4, 0.5) is 8.78 Å². The number of amides is 1. The molecule has 15 heteroatoms. The molecule has 12 nitrogen and oxygen atoms in total. The van der Waals surface area contributed by atoms with Crippen LogP contribution < -0.4 is 14.8 Å². The van der Waals surface area contributed by atoms with Crippen LogP contribution in [-0.4, -0.2) is 99.9 Å². The number of fused-ring (bicyclic) bond motifs is 1. The lowest BCUT2D eigenvalue weighted by Crippen LogP contribution is -2.67. The first-order valence-corrected chi connectivity index (χ1v) is 14.8.